The maximum Gasteiger partial charge on any atom is 0.218 e. The van der Waals surface area contributed by atoms with E-state index in [0.29, 0.717) is 13.0 Å². The number of carbonyl (C=O) groups is 1. The molecule has 1 amide bonds. The topological polar surface area (TPSA) is 83.5 Å². The zero-order chi connectivity index (χ0) is 23.6. The van der Waals surface area contributed by atoms with Crippen molar-refractivity contribution in [2.24, 2.45) is 5.41 Å². The zero-order valence-electron chi connectivity index (χ0n) is 20.7. The van der Waals surface area contributed by atoms with E-state index in [2.05, 4.69) is 43.5 Å². The average molecular weight is 456 g/mol. The number of aromatic nitrogens is 1. The number of carbonyl (C=O) groups excluding carboxylic acids is 1. The fourth-order valence-corrected chi connectivity index (χ4v) is 5.20. The molecule has 0 radical (unpaired) electrons. The first-order chi connectivity index (χ1) is 15.6. The Morgan fingerprint density at radius 3 is 2.67 bits per heavy atom. The predicted molar refractivity (Wildman–Crippen MR) is 130 cm³/mol. The van der Waals surface area contributed by atoms with Crippen molar-refractivity contribution in [3.63, 3.8) is 0 Å². The molecule has 6 nitrogen and oxygen atoms in total. The molecule has 2 fully saturated rings. The van der Waals surface area contributed by atoms with Crippen molar-refractivity contribution in [3.8, 4) is 5.88 Å². The highest BCUT2D eigenvalue weighted by atomic mass is 16.5. The van der Waals surface area contributed by atoms with Crippen LogP contribution >= 0.6 is 0 Å². The van der Waals surface area contributed by atoms with Gasteiger partial charge in [-0.25, -0.2) is 4.98 Å². The molecule has 1 aromatic rings. The maximum atomic E-state index is 11.8. The largest absolute Gasteiger partial charge is 0.471 e. The average Bonchev–Trinajstić information content (AvgIpc) is 2.67. The SMILES string of the molecule is CC(=O)N[C@@H](CC=C1CCC1)[C@@H](O)CN[C@H]1CC2(CCC2)Oc2ncc(CC(C)(C)C)cc21. The van der Waals surface area contributed by atoms with Crippen LogP contribution in [0.15, 0.2) is 23.9 Å². The lowest BCUT2D eigenvalue weighted by molar-refractivity contribution is -0.120. The standard InChI is InChI=1S/C27H41N3O3/c1-18(31)30-22(10-9-19-7-5-8-19)24(32)17-28-23-15-27(11-6-12-27)33-25-21(23)13-20(16-29-25)14-26(2,3)4/h9,13,16,22-24,28,32H,5-8,10-12,14-15,17H2,1-4H3,(H,30,31)/t22-,23-,24-/m0/s1. The van der Waals surface area contributed by atoms with Crippen molar-refractivity contribution >= 4 is 5.91 Å². The second-order valence-electron chi connectivity index (χ2n) is 11.6. The van der Waals surface area contributed by atoms with Gasteiger partial charge in [-0.15, -0.1) is 0 Å². The molecule has 2 heterocycles. The van der Waals surface area contributed by atoms with Crippen LogP contribution in [0.1, 0.15) is 96.2 Å². The van der Waals surface area contributed by atoms with Gasteiger partial charge in [0.15, 0.2) is 0 Å². The van der Waals surface area contributed by atoms with Gasteiger partial charge >= 0.3 is 0 Å². The molecule has 3 atom stereocenters. The van der Waals surface area contributed by atoms with E-state index in [1.807, 2.05) is 6.20 Å². The monoisotopic (exact) mass is 455 g/mol. The number of fused-ring (bicyclic) bond motifs is 1. The van der Waals surface area contributed by atoms with Gasteiger partial charge in [-0.2, -0.15) is 0 Å². The van der Waals surface area contributed by atoms with Gasteiger partial charge in [-0.3, -0.25) is 4.79 Å². The van der Waals surface area contributed by atoms with E-state index < -0.39 is 6.10 Å². The van der Waals surface area contributed by atoms with Crippen LogP contribution in [0.3, 0.4) is 0 Å². The Bertz CT molecular complexity index is 879. The van der Waals surface area contributed by atoms with Crippen molar-refractivity contribution in [2.75, 3.05) is 6.54 Å². The van der Waals surface area contributed by atoms with Gasteiger partial charge in [0.25, 0.3) is 0 Å². The van der Waals surface area contributed by atoms with Crippen LogP contribution in [0.4, 0.5) is 0 Å². The van der Waals surface area contributed by atoms with Crippen LogP contribution in [-0.4, -0.2) is 40.3 Å². The van der Waals surface area contributed by atoms with Crippen LogP contribution in [-0.2, 0) is 11.2 Å². The lowest BCUT2D eigenvalue weighted by atomic mass is 9.73. The Morgan fingerprint density at radius 1 is 1.33 bits per heavy atom. The number of ether oxygens (including phenoxy) is 1. The summed E-state index contributed by atoms with van der Waals surface area (Å²) < 4.78 is 6.38. The van der Waals surface area contributed by atoms with Crippen LogP contribution in [0.25, 0.3) is 0 Å². The molecule has 0 aromatic carbocycles. The van der Waals surface area contributed by atoms with E-state index in [0.717, 1.165) is 50.0 Å². The fourth-order valence-electron chi connectivity index (χ4n) is 5.20. The van der Waals surface area contributed by atoms with Crippen molar-refractivity contribution in [3.05, 3.63) is 35.0 Å². The number of aliphatic hydroxyl groups excluding tert-OH is 1. The molecule has 1 aromatic heterocycles. The third kappa shape index (κ3) is 6.15. The van der Waals surface area contributed by atoms with Crippen molar-refractivity contribution < 1.29 is 14.6 Å². The lowest BCUT2D eigenvalue weighted by Gasteiger charge is -2.47. The summed E-state index contributed by atoms with van der Waals surface area (Å²) in [5, 5.41) is 17.6. The van der Waals surface area contributed by atoms with Gasteiger partial charge < -0.3 is 20.5 Å². The molecule has 6 heteroatoms. The summed E-state index contributed by atoms with van der Waals surface area (Å²) in [6, 6.07) is 2.03. The van der Waals surface area contributed by atoms with Crippen LogP contribution in [0, 0.1) is 5.41 Å². The second kappa shape index (κ2) is 9.75. The lowest BCUT2D eigenvalue weighted by Crippen LogP contribution is -2.51. The van der Waals surface area contributed by atoms with E-state index in [4.69, 9.17) is 9.72 Å². The number of hydrogen-bond acceptors (Lipinski definition) is 5. The number of nitrogens with zero attached hydrogens (tertiary/aromatic N) is 1. The maximum absolute atomic E-state index is 11.8. The molecule has 3 aliphatic rings. The van der Waals surface area contributed by atoms with E-state index in [-0.39, 0.29) is 29.0 Å². The van der Waals surface area contributed by atoms with Gasteiger partial charge in [0.1, 0.15) is 5.60 Å². The minimum absolute atomic E-state index is 0.0825. The first-order valence-electron chi connectivity index (χ1n) is 12.7. The molecule has 2 saturated carbocycles. The highest BCUT2D eigenvalue weighted by Crippen LogP contribution is 2.48. The molecule has 182 valence electrons. The highest BCUT2D eigenvalue weighted by Gasteiger charge is 2.46. The summed E-state index contributed by atoms with van der Waals surface area (Å²) in [6.07, 6.45) is 12.8. The smallest absolute Gasteiger partial charge is 0.218 e. The molecule has 3 N–H and O–H groups in total. The first-order valence-corrected chi connectivity index (χ1v) is 12.7. The summed E-state index contributed by atoms with van der Waals surface area (Å²) >= 11 is 0. The predicted octanol–water partition coefficient (Wildman–Crippen LogP) is 4.37. The van der Waals surface area contributed by atoms with E-state index in [9.17, 15) is 9.90 Å². The minimum atomic E-state index is -0.667. The summed E-state index contributed by atoms with van der Waals surface area (Å²) in [5.41, 5.74) is 3.80. The van der Waals surface area contributed by atoms with Crippen molar-refractivity contribution in [1.82, 2.24) is 15.6 Å². The van der Waals surface area contributed by atoms with E-state index >= 15 is 0 Å². The van der Waals surface area contributed by atoms with Crippen LogP contribution in [0.2, 0.25) is 0 Å². The highest BCUT2D eigenvalue weighted by molar-refractivity contribution is 5.73. The molecule has 1 aliphatic heterocycles. The van der Waals surface area contributed by atoms with Crippen molar-refractivity contribution in [1.29, 1.82) is 0 Å². The van der Waals surface area contributed by atoms with Crippen LogP contribution < -0.4 is 15.4 Å². The van der Waals surface area contributed by atoms with Gasteiger partial charge in [-0.1, -0.05) is 32.4 Å². The molecule has 2 aliphatic carbocycles. The summed E-state index contributed by atoms with van der Waals surface area (Å²) in [4.78, 5) is 16.5. The Balaban J connectivity index is 1.47. The van der Waals surface area contributed by atoms with Crippen LogP contribution in [0.5, 0.6) is 5.88 Å². The zero-order valence-corrected chi connectivity index (χ0v) is 20.7. The second-order valence-corrected chi connectivity index (χ2v) is 11.6. The molecule has 1 spiro atoms. The Hall–Kier alpha value is -1.92. The first kappa shape index (κ1) is 24.2. The van der Waals surface area contributed by atoms with Gasteiger partial charge in [0.05, 0.1) is 12.1 Å². The molecule has 4 rings (SSSR count). The number of hydrogen-bond donors (Lipinski definition) is 3. The molecule has 33 heavy (non-hydrogen) atoms. The Morgan fingerprint density at radius 2 is 2.09 bits per heavy atom. The van der Waals surface area contributed by atoms with Crippen molar-refractivity contribution in [2.45, 2.75) is 109 Å². The fraction of sp³-hybridized carbons (Fsp3) is 0.704. The van der Waals surface area contributed by atoms with E-state index in [1.165, 1.54) is 30.9 Å². The summed E-state index contributed by atoms with van der Waals surface area (Å²) in [5.74, 6) is 0.630. The normalized spacial score (nSPS) is 22.9. The Kier molecular flexibility index (Phi) is 7.15. The molecule has 0 bridgehead atoms. The number of amides is 1. The third-order valence-electron chi connectivity index (χ3n) is 7.28. The number of nitrogens with one attached hydrogen (secondary N) is 2. The number of rotatable bonds is 8. The Labute approximate surface area is 198 Å². The van der Waals surface area contributed by atoms with Gasteiger partial charge in [0.2, 0.25) is 11.8 Å². The van der Waals surface area contributed by atoms with Gasteiger partial charge in [-0.05, 0) is 68.4 Å². The molecular formula is C27H41N3O3. The summed E-state index contributed by atoms with van der Waals surface area (Å²) in [6.45, 7) is 8.64. The minimum Gasteiger partial charge on any atom is -0.471 e. The number of aliphatic hydroxyl groups is 1. The van der Waals surface area contributed by atoms with E-state index in [1.54, 1.807) is 0 Å². The molecule has 0 unspecified atom stereocenters. The van der Waals surface area contributed by atoms with Gasteiger partial charge in [0, 0.05) is 37.7 Å². The molecular weight excluding hydrogens is 414 g/mol. The number of allylic oxidation sites excluding steroid dienone is 1. The molecule has 0 saturated heterocycles. The number of pyridine rings is 1. The third-order valence-corrected chi connectivity index (χ3v) is 7.28. The summed E-state index contributed by atoms with van der Waals surface area (Å²) in [7, 11) is 0. The quantitative estimate of drug-likeness (QED) is 0.507.